The molecule has 0 radical (unpaired) electrons. The van der Waals surface area contributed by atoms with Gasteiger partial charge in [0.2, 0.25) is 5.91 Å². The number of amides is 1. The third kappa shape index (κ3) is 30.5. The van der Waals surface area contributed by atoms with E-state index in [9.17, 15) is 45.6 Å². The molecule has 1 amide bonds. The monoisotopic (exact) mass is 1030 g/mol. The molecular weight excluding hydrogens is 919 g/mol. The maximum absolute atomic E-state index is 13.3. The first-order valence-corrected chi connectivity index (χ1v) is 29.9. The molecule has 2 heterocycles. The molecule has 12 atom stereocenters. The maximum atomic E-state index is 13.3. The average molecular weight is 1030 g/mol. The lowest BCUT2D eigenvalue weighted by atomic mass is 9.97. The van der Waals surface area contributed by atoms with Gasteiger partial charge in [0.15, 0.2) is 12.6 Å². The van der Waals surface area contributed by atoms with Crippen molar-refractivity contribution in [1.82, 2.24) is 5.32 Å². The van der Waals surface area contributed by atoms with Crippen LogP contribution >= 0.6 is 0 Å². The van der Waals surface area contributed by atoms with E-state index in [2.05, 4.69) is 31.3 Å². The first-order chi connectivity index (χ1) is 35.1. The van der Waals surface area contributed by atoms with E-state index < -0.39 is 86.8 Å². The zero-order chi connectivity index (χ0) is 52.4. The number of ether oxygens (including phenoxy) is 4. The van der Waals surface area contributed by atoms with Gasteiger partial charge in [-0.1, -0.05) is 225 Å². The lowest BCUT2D eigenvalue weighted by Crippen LogP contribution is -2.65. The largest absolute Gasteiger partial charge is 0.394 e. The van der Waals surface area contributed by atoms with Gasteiger partial charge in [0.05, 0.1) is 32.0 Å². The van der Waals surface area contributed by atoms with E-state index in [1.165, 1.54) is 180 Å². The molecule has 9 N–H and O–H groups in total. The summed E-state index contributed by atoms with van der Waals surface area (Å²) in [6, 6.07) is -0.826. The van der Waals surface area contributed by atoms with Gasteiger partial charge in [0, 0.05) is 6.42 Å². The summed E-state index contributed by atoms with van der Waals surface area (Å²) in [5.41, 5.74) is 0. The summed E-state index contributed by atoms with van der Waals surface area (Å²) in [6.07, 6.45) is 33.4. The van der Waals surface area contributed by atoms with Crippen molar-refractivity contribution < 1.29 is 64.6 Å². The van der Waals surface area contributed by atoms with E-state index in [4.69, 9.17) is 18.9 Å². The molecule has 0 aromatic heterocycles. The van der Waals surface area contributed by atoms with E-state index >= 15 is 0 Å². The quantitative estimate of drug-likeness (QED) is 0.0205. The van der Waals surface area contributed by atoms with Gasteiger partial charge in [-0.15, -0.1) is 0 Å². The lowest BCUT2D eigenvalue weighted by Gasteiger charge is -2.46. The maximum Gasteiger partial charge on any atom is 0.220 e. The highest BCUT2D eigenvalue weighted by molar-refractivity contribution is 5.76. The van der Waals surface area contributed by atoms with Gasteiger partial charge >= 0.3 is 0 Å². The first kappa shape index (κ1) is 66.8. The Bertz CT molecular complexity index is 1260. The molecule has 72 heavy (non-hydrogen) atoms. The Labute approximate surface area is 437 Å². The highest BCUT2D eigenvalue weighted by Gasteiger charge is 2.51. The minimum Gasteiger partial charge on any atom is -0.394 e. The summed E-state index contributed by atoms with van der Waals surface area (Å²) in [6.45, 7) is 2.88. The molecule has 0 spiro atoms. The third-order valence-electron chi connectivity index (χ3n) is 15.0. The van der Waals surface area contributed by atoms with Crippen molar-refractivity contribution in [3.63, 3.8) is 0 Å². The summed E-state index contributed by atoms with van der Waals surface area (Å²) >= 11 is 0. The van der Waals surface area contributed by atoms with Gasteiger partial charge in [-0.3, -0.25) is 4.79 Å². The molecular formula is C58H111NO13. The molecule has 2 aliphatic heterocycles. The standard InChI is InChI=1S/C58H111NO13/c1-3-5-7-9-11-13-15-17-19-21-23-25-27-29-31-33-35-37-39-41-47(62)46(59-50(63)42-40-38-36-34-32-30-28-26-24-22-20-18-16-14-12-10-8-6-4-2)45-69-57-55(68)53(66)56(49(44-61)71-57)72-58-54(67)52(65)51(64)48(43-60)70-58/h18,20,46-49,51-58,60-62,64-68H,3-17,19,21-45H2,1-2H3,(H,59,63)/b20-18-. The molecule has 12 unspecified atom stereocenters. The SMILES string of the molecule is CCCCCCCC/C=C\CCCCCCCCCCCC(=O)NC(COC1OC(CO)C(OC2OC(CO)C(O)C(O)C2O)C(O)C1O)C(O)CCCCCCCCCCCCCCCCCCCCC. The Morgan fingerprint density at radius 1 is 0.486 bits per heavy atom. The van der Waals surface area contributed by atoms with Crippen LogP contribution in [0.25, 0.3) is 0 Å². The second kappa shape index (κ2) is 44.8. The Morgan fingerprint density at radius 3 is 1.32 bits per heavy atom. The zero-order valence-electron chi connectivity index (χ0n) is 45.7. The number of aliphatic hydroxyl groups is 8. The number of aliphatic hydroxyl groups excluding tert-OH is 8. The molecule has 2 fully saturated rings. The number of hydrogen-bond donors (Lipinski definition) is 9. The number of hydrogen-bond acceptors (Lipinski definition) is 13. The van der Waals surface area contributed by atoms with Crippen molar-refractivity contribution in [3.8, 4) is 0 Å². The second-order valence-electron chi connectivity index (χ2n) is 21.5. The van der Waals surface area contributed by atoms with Crippen LogP contribution in [-0.4, -0.2) is 140 Å². The van der Waals surface area contributed by atoms with Gasteiger partial charge in [0.25, 0.3) is 0 Å². The number of carbonyl (C=O) groups excluding carboxylic acids is 1. The van der Waals surface area contributed by atoms with E-state index in [1.807, 2.05) is 0 Å². The first-order valence-electron chi connectivity index (χ1n) is 29.9. The van der Waals surface area contributed by atoms with E-state index in [-0.39, 0.29) is 12.5 Å². The fourth-order valence-corrected chi connectivity index (χ4v) is 10.1. The molecule has 0 bridgehead atoms. The molecule has 2 rings (SSSR count). The number of unbranched alkanes of at least 4 members (excludes halogenated alkanes) is 33. The Hall–Kier alpha value is -1.27. The Balaban J connectivity index is 1.76. The number of nitrogens with one attached hydrogen (secondary N) is 1. The van der Waals surface area contributed by atoms with Gasteiger partial charge in [-0.25, -0.2) is 0 Å². The predicted octanol–water partition coefficient (Wildman–Crippen LogP) is 9.89. The van der Waals surface area contributed by atoms with Crippen LogP contribution in [0.3, 0.4) is 0 Å². The molecule has 2 saturated heterocycles. The zero-order valence-corrected chi connectivity index (χ0v) is 45.7. The van der Waals surface area contributed by atoms with Gasteiger partial charge in [0.1, 0.15) is 48.8 Å². The molecule has 0 aromatic carbocycles. The number of allylic oxidation sites excluding steroid dienone is 2. The lowest BCUT2D eigenvalue weighted by molar-refractivity contribution is -0.359. The molecule has 14 nitrogen and oxygen atoms in total. The van der Waals surface area contributed by atoms with Crippen LogP contribution in [-0.2, 0) is 23.7 Å². The Kier molecular flexibility index (Phi) is 41.6. The minimum absolute atomic E-state index is 0.205. The average Bonchev–Trinajstić information content (AvgIpc) is 3.38. The molecule has 0 aromatic rings. The Morgan fingerprint density at radius 2 is 0.875 bits per heavy atom. The molecule has 426 valence electrons. The normalized spacial score (nSPS) is 25.6. The van der Waals surface area contributed by atoms with Crippen molar-refractivity contribution >= 4 is 5.91 Å². The number of carbonyl (C=O) groups is 1. The van der Waals surface area contributed by atoms with Crippen molar-refractivity contribution in [2.24, 2.45) is 0 Å². The van der Waals surface area contributed by atoms with Crippen molar-refractivity contribution in [1.29, 1.82) is 0 Å². The second-order valence-corrected chi connectivity index (χ2v) is 21.5. The van der Waals surface area contributed by atoms with E-state index in [0.29, 0.717) is 12.8 Å². The van der Waals surface area contributed by atoms with Crippen LogP contribution in [0.4, 0.5) is 0 Å². The van der Waals surface area contributed by atoms with Crippen molar-refractivity contribution in [2.75, 3.05) is 19.8 Å². The van der Waals surface area contributed by atoms with E-state index in [1.54, 1.807) is 0 Å². The summed E-state index contributed by atoms with van der Waals surface area (Å²) in [5.74, 6) is -0.205. The smallest absolute Gasteiger partial charge is 0.220 e. The number of rotatable bonds is 48. The molecule has 0 saturated carbocycles. The van der Waals surface area contributed by atoms with Crippen LogP contribution in [0.2, 0.25) is 0 Å². The van der Waals surface area contributed by atoms with Crippen LogP contribution in [0.1, 0.15) is 258 Å². The summed E-state index contributed by atoms with van der Waals surface area (Å²) < 4.78 is 22.8. The van der Waals surface area contributed by atoms with Crippen molar-refractivity contribution in [3.05, 3.63) is 12.2 Å². The summed E-state index contributed by atoms with van der Waals surface area (Å²) in [4.78, 5) is 13.3. The van der Waals surface area contributed by atoms with Crippen LogP contribution in [0.15, 0.2) is 12.2 Å². The van der Waals surface area contributed by atoms with Crippen LogP contribution in [0.5, 0.6) is 0 Å². The van der Waals surface area contributed by atoms with Crippen molar-refractivity contribution in [2.45, 2.75) is 331 Å². The molecule has 2 aliphatic rings. The molecule has 0 aliphatic carbocycles. The third-order valence-corrected chi connectivity index (χ3v) is 15.0. The minimum atomic E-state index is -1.78. The topological polar surface area (TPSA) is 228 Å². The highest BCUT2D eigenvalue weighted by atomic mass is 16.7. The summed E-state index contributed by atoms with van der Waals surface area (Å²) in [5, 5.41) is 87.3. The van der Waals surface area contributed by atoms with Gasteiger partial charge in [-0.05, 0) is 38.5 Å². The fraction of sp³-hybridized carbons (Fsp3) is 0.948. The fourth-order valence-electron chi connectivity index (χ4n) is 10.1. The van der Waals surface area contributed by atoms with Crippen LogP contribution < -0.4 is 5.32 Å². The van der Waals surface area contributed by atoms with Crippen LogP contribution in [0, 0.1) is 0 Å². The van der Waals surface area contributed by atoms with E-state index in [0.717, 1.165) is 51.4 Å². The summed E-state index contributed by atoms with van der Waals surface area (Å²) in [7, 11) is 0. The van der Waals surface area contributed by atoms with Gasteiger partial charge in [-0.2, -0.15) is 0 Å². The predicted molar refractivity (Wildman–Crippen MR) is 286 cm³/mol. The van der Waals surface area contributed by atoms with Gasteiger partial charge < -0.3 is 65.1 Å². The molecule has 14 heteroatoms. The highest BCUT2D eigenvalue weighted by Crippen LogP contribution is 2.30.